The first-order chi connectivity index (χ1) is 13.9. The number of Topliss-reactive ketones (excluding diaryl/α,β-unsaturated/α-hetero) is 1. The average Bonchev–Trinajstić information content (AvgIpc) is 3.23. The highest BCUT2D eigenvalue weighted by Gasteiger charge is 2.46. The van der Waals surface area contributed by atoms with Gasteiger partial charge in [0.2, 0.25) is 0 Å². The number of halogens is 1. The van der Waals surface area contributed by atoms with Gasteiger partial charge in [0.15, 0.2) is 0 Å². The molecule has 1 saturated heterocycles. The van der Waals surface area contributed by atoms with E-state index in [1.165, 1.54) is 18.4 Å². The molecule has 0 aliphatic carbocycles. The number of aryl methyl sites for hydroxylation is 1. The molecule has 1 atom stereocenters. The first-order valence-corrected chi connectivity index (χ1v) is 10.8. The second-order valence-corrected chi connectivity index (χ2v) is 8.37. The lowest BCUT2D eigenvalue weighted by atomic mass is 9.98. The van der Waals surface area contributed by atoms with Gasteiger partial charge in [-0.2, -0.15) is 0 Å². The van der Waals surface area contributed by atoms with Crippen LogP contribution in [0.25, 0.3) is 5.76 Å². The van der Waals surface area contributed by atoms with Gasteiger partial charge in [0, 0.05) is 17.0 Å². The number of ketones is 1. The van der Waals surface area contributed by atoms with Gasteiger partial charge in [0.05, 0.1) is 23.7 Å². The molecule has 2 heterocycles. The normalized spacial score (nSPS) is 18.5. The molecule has 0 radical (unpaired) electrons. The van der Waals surface area contributed by atoms with Gasteiger partial charge in [-0.15, -0.1) is 11.3 Å². The highest BCUT2D eigenvalue weighted by Crippen LogP contribution is 2.43. The van der Waals surface area contributed by atoms with E-state index < -0.39 is 17.7 Å². The number of unbranched alkanes of at least 4 members (excludes halogenated alkanes) is 2. The summed E-state index contributed by atoms with van der Waals surface area (Å²) in [5, 5.41) is 13.4. The fraction of sp³-hybridized carbons (Fsp3) is 0.364. The minimum absolute atomic E-state index is 0.112. The molecule has 1 aliphatic rings. The quantitative estimate of drug-likeness (QED) is 0.277. The largest absolute Gasteiger partial charge is 0.507 e. The highest BCUT2D eigenvalue weighted by atomic mass is 35.5. The molecule has 1 amide bonds. The molecule has 154 valence electrons. The van der Waals surface area contributed by atoms with Crippen LogP contribution in [-0.2, 0) is 9.59 Å². The molecule has 3 rings (SSSR count). The monoisotopic (exact) mass is 433 g/mol. The maximum Gasteiger partial charge on any atom is 0.295 e. The number of methoxy groups -OCH3 is 1. The van der Waals surface area contributed by atoms with Gasteiger partial charge < -0.3 is 14.7 Å². The topological polar surface area (TPSA) is 66.8 Å². The van der Waals surface area contributed by atoms with E-state index in [1.54, 1.807) is 23.1 Å². The number of hydrogen-bond donors (Lipinski definition) is 1. The predicted molar refractivity (Wildman–Crippen MR) is 116 cm³/mol. The van der Waals surface area contributed by atoms with E-state index in [0.29, 0.717) is 22.9 Å². The van der Waals surface area contributed by atoms with Gasteiger partial charge in [-0.3, -0.25) is 9.59 Å². The van der Waals surface area contributed by atoms with E-state index in [2.05, 4.69) is 6.92 Å². The minimum Gasteiger partial charge on any atom is -0.507 e. The molecule has 0 spiro atoms. The van der Waals surface area contributed by atoms with E-state index in [0.717, 1.165) is 29.7 Å². The number of thiophene rings is 1. The van der Waals surface area contributed by atoms with Crippen LogP contribution in [0, 0.1) is 6.92 Å². The maximum absolute atomic E-state index is 12.9. The van der Waals surface area contributed by atoms with Crippen LogP contribution in [0.4, 0.5) is 0 Å². The van der Waals surface area contributed by atoms with E-state index >= 15 is 0 Å². The van der Waals surface area contributed by atoms with Gasteiger partial charge in [-0.25, -0.2) is 0 Å². The van der Waals surface area contributed by atoms with E-state index in [-0.39, 0.29) is 11.3 Å². The number of benzene rings is 1. The van der Waals surface area contributed by atoms with Crippen molar-refractivity contribution in [2.45, 2.75) is 39.2 Å². The number of nitrogens with zero attached hydrogens (tertiary/aromatic N) is 1. The third-order valence-electron chi connectivity index (χ3n) is 5.12. The number of likely N-dealkylation sites (tertiary alicyclic amines) is 1. The second-order valence-electron chi connectivity index (χ2n) is 7.02. The van der Waals surface area contributed by atoms with Crippen LogP contribution in [0.3, 0.4) is 0 Å². The molecule has 2 aromatic rings. The molecule has 1 fully saturated rings. The summed E-state index contributed by atoms with van der Waals surface area (Å²) in [6.07, 6.45) is 2.78. The van der Waals surface area contributed by atoms with Crippen molar-refractivity contribution in [2.24, 2.45) is 0 Å². The molecule has 7 heteroatoms. The van der Waals surface area contributed by atoms with Crippen molar-refractivity contribution in [1.29, 1.82) is 0 Å². The minimum atomic E-state index is -0.661. The lowest BCUT2D eigenvalue weighted by molar-refractivity contribution is -0.139. The summed E-state index contributed by atoms with van der Waals surface area (Å²) in [6.45, 7) is 4.51. The second kappa shape index (κ2) is 9.01. The lowest BCUT2D eigenvalue weighted by Crippen LogP contribution is -2.30. The van der Waals surface area contributed by atoms with Crippen LogP contribution >= 0.6 is 22.9 Å². The van der Waals surface area contributed by atoms with Crippen LogP contribution < -0.4 is 4.74 Å². The Bertz CT molecular complexity index is 965. The number of carbonyl (C=O) groups is 2. The summed E-state index contributed by atoms with van der Waals surface area (Å²) in [6, 6.07) is 6.15. The molecular weight excluding hydrogens is 410 g/mol. The molecule has 1 unspecified atom stereocenters. The van der Waals surface area contributed by atoms with Crippen LogP contribution in [0.15, 0.2) is 35.2 Å². The van der Waals surface area contributed by atoms with Crippen molar-refractivity contribution < 1.29 is 19.4 Å². The number of aliphatic hydroxyl groups is 1. The molecule has 0 bridgehead atoms. The summed E-state index contributed by atoms with van der Waals surface area (Å²) in [5.74, 6) is -1.06. The van der Waals surface area contributed by atoms with Gasteiger partial charge in [-0.05, 0) is 48.6 Å². The van der Waals surface area contributed by atoms with Gasteiger partial charge in [0.25, 0.3) is 11.7 Å². The van der Waals surface area contributed by atoms with Crippen LogP contribution in [0.5, 0.6) is 5.75 Å². The molecule has 1 aromatic carbocycles. The maximum atomic E-state index is 12.9. The number of amides is 1. The Balaban J connectivity index is 2.13. The zero-order valence-corrected chi connectivity index (χ0v) is 18.3. The summed E-state index contributed by atoms with van der Waals surface area (Å²) in [5.41, 5.74) is 1.49. The molecule has 5 nitrogen and oxygen atoms in total. The van der Waals surface area contributed by atoms with Crippen molar-refractivity contribution >= 4 is 40.4 Å². The third-order valence-corrected chi connectivity index (χ3v) is 6.50. The smallest absolute Gasteiger partial charge is 0.295 e. The highest BCUT2D eigenvalue weighted by molar-refractivity contribution is 7.10. The predicted octanol–water partition coefficient (Wildman–Crippen LogP) is 5.33. The summed E-state index contributed by atoms with van der Waals surface area (Å²) in [7, 11) is 1.48. The third kappa shape index (κ3) is 4.05. The fourth-order valence-corrected chi connectivity index (χ4v) is 4.78. The standard InChI is InChI=1S/C22H24ClNO4S/c1-4-5-6-10-24-18(21-13(2)9-11-29-21)17(20(26)22(24)27)19(25)14-7-8-15(23)16(12-14)28-3/h7-9,11-12,18,25H,4-6,10H2,1-3H3/b19-17-. The Morgan fingerprint density at radius 2 is 2.03 bits per heavy atom. The zero-order valence-electron chi connectivity index (χ0n) is 16.7. The Hall–Kier alpha value is -2.31. The molecular formula is C22H24ClNO4S. The first-order valence-electron chi connectivity index (χ1n) is 9.57. The van der Waals surface area contributed by atoms with Gasteiger partial charge in [0.1, 0.15) is 11.5 Å². The number of rotatable bonds is 7. The Labute approximate surface area is 179 Å². The molecule has 1 aliphatic heterocycles. The first kappa shape index (κ1) is 21.4. The molecule has 1 aromatic heterocycles. The number of carbonyl (C=O) groups excluding carboxylic acids is 2. The Morgan fingerprint density at radius 1 is 1.28 bits per heavy atom. The Morgan fingerprint density at radius 3 is 2.66 bits per heavy atom. The van der Waals surface area contributed by atoms with Crippen molar-refractivity contribution in [2.75, 3.05) is 13.7 Å². The Kier molecular flexibility index (Phi) is 6.65. The number of aliphatic hydroxyl groups excluding tert-OH is 1. The average molecular weight is 434 g/mol. The van der Waals surface area contributed by atoms with E-state index in [4.69, 9.17) is 16.3 Å². The lowest BCUT2D eigenvalue weighted by Gasteiger charge is -2.25. The summed E-state index contributed by atoms with van der Waals surface area (Å²) in [4.78, 5) is 28.3. The van der Waals surface area contributed by atoms with Gasteiger partial charge in [-0.1, -0.05) is 31.4 Å². The molecule has 0 saturated carbocycles. The summed E-state index contributed by atoms with van der Waals surface area (Å²) < 4.78 is 5.23. The zero-order chi connectivity index (χ0) is 21.1. The SMILES string of the molecule is CCCCCN1C(=O)C(=O)/C(=C(\O)c2ccc(Cl)c(OC)c2)C1c1sccc1C. The van der Waals surface area contributed by atoms with Crippen molar-refractivity contribution in [3.05, 3.63) is 56.2 Å². The van der Waals surface area contributed by atoms with Crippen LogP contribution in [0.1, 0.15) is 48.2 Å². The summed E-state index contributed by atoms with van der Waals surface area (Å²) >= 11 is 7.57. The fourth-order valence-electron chi connectivity index (χ4n) is 3.54. The van der Waals surface area contributed by atoms with Crippen molar-refractivity contribution in [1.82, 2.24) is 4.90 Å². The number of ether oxygens (including phenoxy) is 1. The van der Waals surface area contributed by atoms with E-state index in [1.807, 2.05) is 18.4 Å². The van der Waals surface area contributed by atoms with Crippen molar-refractivity contribution in [3.63, 3.8) is 0 Å². The molecule has 1 N–H and O–H groups in total. The molecule has 29 heavy (non-hydrogen) atoms. The number of hydrogen-bond acceptors (Lipinski definition) is 5. The van der Waals surface area contributed by atoms with Crippen molar-refractivity contribution in [3.8, 4) is 5.75 Å². The van der Waals surface area contributed by atoms with Crippen LogP contribution in [-0.4, -0.2) is 35.4 Å². The van der Waals surface area contributed by atoms with Crippen LogP contribution in [0.2, 0.25) is 5.02 Å². The van der Waals surface area contributed by atoms with Gasteiger partial charge >= 0.3 is 0 Å². The van der Waals surface area contributed by atoms with E-state index in [9.17, 15) is 14.7 Å².